The van der Waals surface area contributed by atoms with Gasteiger partial charge in [-0.15, -0.1) is 0 Å². The van der Waals surface area contributed by atoms with Crippen LogP contribution in [0.4, 0.5) is 5.69 Å². The number of sulfonamides is 1. The minimum absolute atomic E-state index is 0.0314. The molecule has 8 nitrogen and oxygen atoms in total. The third-order valence-corrected chi connectivity index (χ3v) is 5.07. The number of methoxy groups -OCH3 is 2. The van der Waals surface area contributed by atoms with Crippen LogP contribution >= 0.6 is 0 Å². The number of benzene rings is 1. The van der Waals surface area contributed by atoms with Crippen molar-refractivity contribution < 1.29 is 27.4 Å². The molecule has 1 atom stereocenters. The van der Waals surface area contributed by atoms with Crippen LogP contribution in [0.15, 0.2) is 23.1 Å². The van der Waals surface area contributed by atoms with Crippen LogP contribution in [0.5, 0.6) is 5.75 Å². The Bertz CT molecular complexity index is 702. The van der Waals surface area contributed by atoms with Gasteiger partial charge < -0.3 is 19.1 Å². The zero-order chi connectivity index (χ0) is 17.9. The number of nitrogens with one attached hydrogen (secondary N) is 1. The molecule has 0 saturated carbocycles. The second-order valence-corrected chi connectivity index (χ2v) is 7.21. The molecule has 134 valence electrons. The van der Waals surface area contributed by atoms with Crippen molar-refractivity contribution in [3.05, 3.63) is 18.2 Å². The standard InChI is InChI=1S/C15H22N2O6S/c1-10-9-17(11(2)18)13-7-12(5-6-14(13)23-10)24(19,20)16-8-15(21-3)22-4/h5-7,10,15-16H,8-9H2,1-4H3. The highest BCUT2D eigenvalue weighted by atomic mass is 32.2. The van der Waals surface area contributed by atoms with Crippen LogP contribution in [0.25, 0.3) is 0 Å². The lowest BCUT2D eigenvalue weighted by atomic mass is 10.2. The number of hydrogen-bond acceptors (Lipinski definition) is 6. The first-order valence-electron chi connectivity index (χ1n) is 7.42. The van der Waals surface area contributed by atoms with Crippen molar-refractivity contribution in [1.82, 2.24) is 4.72 Å². The maximum Gasteiger partial charge on any atom is 0.240 e. The fourth-order valence-electron chi connectivity index (χ4n) is 2.41. The second kappa shape index (κ2) is 7.47. The minimum Gasteiger partial charge on any atom is -0.487 e. The van der Waals surface area contributed by atoms with Gasteiger partial charge in [0.15, 0.2) is 6.29 Å². The molecule has 0 fully saturated rings. The number of ether oxygens (including phenoxy) is 3. The highest BCUT2D eigenvalue weighted by Crippen LogP contribution is 2.35. The van der Waals surface area contributed by atoms with E-state index in [0.717, 1.165) is 0 Å². The fourth-order valence-corrected chi connectivity index (χ4v) is 3.44. The van der Waals surface area contributed by atoms with E-state index in [1.807, 2.05) is 6.92 Å². The number of hydrogen-bond donors (Lipinski definition) is 1. The zero-order valence-electron chi connectivity index (χ0n) is 14.1. The summed E-state index contributed by atoms with van der Waals surface area (Å²) in [6.07, 6.45) is -0.846. The monoisotopic (exact) mass is 358 g/mol. The lowest BCUT2D eigenvalue weighted by Crippen LogP contribution is -2.41. The molecule has 0 aliphatic carbocycles. The van der Waals surface area contributed by atoms with E-state index in [2.05, 4.69) is 4.72 Å². The lowest BCUT2D eigenvalue weighted by Gasteiger charge is -2.33. The molecule has 1 aromatic carbocycles. The number of amides is 1. The molecule has 1 aromatic rings. The summed E-state index contributed by atoms with van der Waals surface area (Å²) in [6, 6.07) is 4.42. The van der Waals surface area contributed by atoms with Gasteiger partial charge in [-0.25, -0.2) is 13.1 Å². The van der Waals surface area contributed by atoms with E-state index in [-0.39, 0.29) is 23.5 Å². The van der Waals surface area contributed by atoms with Crippen molar-refractivity contribution in [2.75, 3.05) is 32.2 Å². The Kier molecular flexibility index (Phi) is 5.81. The third-order valence-electron chi connectivity index (χ3n) is 3.65. The maximum atomic E-state index is 12.4. The highest BCUT2D eigenvalue weighted by molar-refractivity contribution is 7.89. The average molecular weight is 358 g/mol. The molecule has 1 amide bonds. The van der Waals surface area contributed by atoms with E-state index in [1.54, 1.807) is 6.07 Å². The number of nitrogens with zero attached hydrogens (tertiary/aromatic N) is 1. The van der Waals surface area contributed by atoms with E-state index in [9.17, 15) is 13.2 Å². The van der Waals surface area contributed by atoms with Gasteiger partial charge in [-0.1, -0.05) is 0 Å². The number of rotatable bonds is 6. The summed E-state index contributed by atoms with van der Waals surface area (Å²) in [6.45, 7) is 3.62. The van der Waals surface area contributed by atoms with E-state index in [4.69, 9.17) is 14.2 Å². The van der Waals surface area contributed by atoms with Gasteiger partial charge in [-0.05, 0) is 25.1 Å². The van der Waals surface area contributed by atoms with E-state index < -0.39 is 16.3 Å². The molecule has 0 bridgehead atoms. The molecule has 0 saturated heterocycles. The van der Waals surface area contributed by atoms with Crippen molar-refractivity contribution in [2.24, 2.45) is 0 Å². The summed E-state index contributed by atoms with van der Waals surface area (Å²) in [5.41, 5.74) is 0.443. The van der Waals surface area contributed by atoms with Gasteiger partial charge in [0.1, 0.15) is 11.9 Å². The van der Waals surface area contributed by atoms with Gasteiger partial charge >= 0.3 is 0 Å². The second-order valence-electron chi connectivity index (χ2n) is 5.44. The van der Waals surface area contributed by atoms with Crippen LogP contribution in [0.2, 0.25) is 0 Å². The summed E-state index contributed by atoms with van der Waals surface area (Å²) in [5.74, 6) is 0.308. The zero-order valence-corrected chi connectivity index (χ0v) is 14.9. The number of carbonyl (C=O) groups is 1. The molecule has 1 aliphatic heterocycles. The Balaban J connectivity index is 2.29. The Morgan fingerprint density at radius 2 is 2.08 bits per heavy atom. The summed E-state index contributed by atoms with van der Waals surface area (Å²) in [7, 11) is -0.933. The molecule has 9 heteroatoms. The van der Waals surface area contributed by atoms with E-state index in [0.29, 0.717) is 18.0 Å². The van der Waals surface area contributed by atoms with Crippen molar-refractivity contribution in [3.8, 4) is 5.75 Å². The molecule has 1 unspecified atom stereocenters. The summed E-state index contributed by atoms with van der Waals surface area (Å²) >= 11 is 0. The predicted octanol–water partition coefficient (Wildman–Crippen LogP) is 0.718. The van der Waals surface area contributed by atoms with Gasteiger partial charge in [0.25, 0.3) is 0 Å². The Morgan fingerprint density at radius 1 is 1.42 bits per heavy atom. The first-order valence-corrected chi connectivity index (χ1v) is 8.91. The van der Waals surface area contributed by atoms with Crippen molar-refractivity contribution in [1.29, 1.82) is 0 Å². The van der Waals surface area contributed by atoms with Crippen LogP contribution in [-0.2, 0) is 24.3 Å². The SMILES string of the molecule is COC(CNS(=O)(=O)c1ccc2c(c1)N(C(C)=O)CC(C)O2)OC. The molecule has 0 aromatic heterocycles. The minimum atomic E-state index is -3.78. The van der Waals surface area contributed by atoms with Gasteiger partial charge in [-0.2, -0.15) is 0 Å². The largest absolute Gasteiger partial charge is 0.487 e. The Hall–Kier alpha value is -1.68. The molecular weight excluding hydrogens is 336 g/mol. The number of carbonyl (C=O) groups excluding carboxylic acids is 1. The normalized spacial score (nSPS) is 17.5. The summed E-state index contributed by atoms with van der Waals surface area (Å²) < 4.78 is 42.9. The van der Waals surface area contributed by atoms with Crippen LogP contribution in [0.3, 0.4) is 0 Å². The summed E-state index contributed by atoms with van der Waals surface area (Å²) in [4.78, 5) is 13.4. The van der Waals surface area contributed by atoms with Crippen molar-refractivity contribution in [2.45, 2.75) is 31.1 Å². The highest BCUT2D eigenvalue weighted by Gasteiger charge is 2.28. The topological polar surface area (TPSA) is 94.2 Å². The van der Waals surface area contributed by atoms with E-state index >= 15 is 0 Å². The van der Waals surface area contributed by atoms with E-state index in [1.165, 1.54) is 38.2 Å². The number of anilines is 1. The van der Waals surface area contributed by atoms with Crippen LogP contribution in [0.1, 0.15) is 13.8 Å². The van der Waals surface area contributed by atoms with Gasteiger partial charge in [0.05, 0.1) is 23.7 Å². The molecule has 1 heterocycles. The first-order chi connectivity index (χ1) is 11.3. The third kappa shape index (κ3) is 4.04. The Morgan fingerprint density at radius 3 is 2.67 bits per heavy atom. The number of fused-ring (bicyclic) bond motifs is 1. The average Bonchev–Trinajstić information content (AvgIpc) is 2.54. The Labute approximate surface area is 141 Å². The molecule has 1 N–H and O–H groups in total. The van der Waals surface area contributed by atoms with Gasteiger partial charge in [0.2, 0.25) is 15.9 Å². The van der Waals surface area contributed by atoms with Gasteiger partial charge in [-0.3, -0.25) is 4.79 Å². The first kappa shape index (κ1) is 18.7. The lowest BCUT2D eigenvalue weighted by molar-refractivity contribution is -0.117. The van der Waals surface area contributed by atoms with Crippen molar-refractivity contribution >= 4 is 21.6 Å². The quantitative estimate of drug-likeness (QED) is 0.753. The molecule has 0 spiro atoms. The molecule has 1 aliphatic rings. The van der Waals surface area contributed by atoms with Crippen molar-refractivity contribution in [3.63, 3.8) is 0 Å². The molecule has 0 radical (unpaired) electrons. The van der Waals surface area contributed by atoms with Crippen LogP contribution in [-0.4, -0.2) is 54.0 Å². The predicted molar refractivity (Wildman–Crippen MR) is 87.6 cm³/mol. The fraction of sp³-hybridized carbons (Fsp3) is 0.533. The summed E-state index contributed by atoms with van der Waals surface area (Å²) in [5, 5.41) is 0. The maximum absolute atomic E-state index is 12.4. The smallest absolute Gasteiger partial charge is 0.240 e. The molecule has 24 heavy (non-hydrogen) atoms. The molecule has 2 rings (SSSR count). The van der Waals surface area contributed by atoms with Crippen LogP contribution < -0.4 is 14.4 Å². The van der Waals surface area contributed by atoms with Gasteiger partial charge in [0, 0.05) is 21.1 Å². The molecular formula is C15H22N2O6S. The van der Waals surface area contributed by atoms with Crippen LogP contribution in [0, 0.1) is 0 Å².